The molecule has 1 N–H and O–H groups in total. The summed E-state index contributed by atoms with van der Waals surface area (Å²) < 4.78 is 125. The number of carbonyl (C=O) groups excluding carboxylic acids is 13. The molecule has 0 bridgehead atoms. The van der Waals surface area contributed by atoms with Gasteiger partial charge in [-0.25, -0.2) is 0 Å². The van der Waals surface area contributed by atoms with Gasteiger partial charge in [0, 0.05) is 90.0 Å². The monoisotopic (exact) mass is 1310 g/mol. The first-order valence-corrected chi connectivity index (χ1v) is 28.4. The second-order valence-electron chi connectivity index (χ2n) is 21.2. The maximum atomic E-state index is 13.8. The van der Waals surface area contributed by atoms with Gasteiger partial charge in [-0.2, -0.15) is 0 Å². The molecule has 35 nitrogen and oxygen atoms in total. The van der Waals surface area contributed by atoms with E-state index in [0.717, 1.165) is 96.3 Å². The summed E-state index contributed by atoms with van der Waals surface area (Å²) in [6.45, 7) is 13.5. The molecule has 0 spiro atoms. The minimum absolute atomic E-state index is 0.513. The van der Waals surface area contributed by atoms with Crippen LogP contribution in [-0.2, 0) is 162 Å². The lowest BCUT2D eigenvalue weighted by Gasteiger charge is -2.52. The number of ether oxygens (including phenoxy) is 21. The van der Waals surface area contributed by atoms with Gasteiger partial charge in [-0.15, -0.1) is 0 Å². The van der Waals surface area contributed by atoms with Gasteiger partial charge < -0.3 is 105 Å². The molecule has 35 heteroatoms. The van der Waals surface area contributed by atoms with Crippen molar-refractivity contribution in [2.45, 2.75) is 245 Å². The van der Waals surface area contributed by atoms with Crippen LogP contribution in [0.2, 0.25) is 0 Å². The standard InChI is InChI=1S/C56H77NO34/c1-21-41(77-27(7)62)47(81-31(11)66)50(84-34(14)69)54(75-21)90-46-40(57-23(3)58)53(86-36-16-17-71-37(18-72-24(4)59)43(36)79-29(9)64)87-38(19-73-25(5)60)44(46)89-56-52(49(83-33(13)68)45(80-30(10)65)39(88-56)20-74-26(6)61)91-55-51(85-35(15)70)48(82-32(12)67)42(22(2)76-55)78-28(8)63/h16-17,21-22,36-56H,18-20H2,1-15H3,(H,57,58)/t21-,22-,36+,37+,38+,39+,40+,41+,42+,43-,44+,45-,46+,47+,48+,49-,50-,51-,52+,53+,54-,55-,56-/m0/s1. The molecule has 0 radical (unpaired) electrons. The molecule has 0 aromatic rings. The third-order valence-corrected chi connectivity index (χ3v) is 13.5. The summed E-state index contributed by atoms with van der Waals surface area (Å²) in [5.41, 5.74) is 0. The van der Waals surface area contributed by atoms with Gasteiger partial charge in [0.2, 0.25) is 5.91 Å². The molecule has 23 atom stereocenters. The summed E-state index contributed by atoms with van der Waals surface area (Å²) >= 11 is 0. The van der Waals surface area contributed by atoms with E-state index < -0.39 is 238 Å². The smallest absolute Gasteiger partial charge is 0.303 e. The zero-order valence-electron chi connectivity index (χ0n) is 52.4. The number of hydrogen-bond acceptors (Lipinski definition) is 34. The molecule has 5 heterocycles. The second-order valence-corrected chi connectivity index (χ2v) is 21.2. The Morgan fingerprint density at radius 2 is 0.637 bits per heavy atom. The van der Waals surface area contributed by atoms with Crippen molar-refractivity contribution in [3.05, 3.63) is 12.3 Å². The Balaban J connectivity index is 1.86. The highest BCUT2D eigenvalue weighted by molar-refractivity contribution is 5.74. The second kappa shape index (κ2) is 33.6. The van der Waals surface area contributed by atoms with E-state index in [1.807, 2.05) is 0 Å². The van der Waals surface area contributed by atoms with Gasteiger partial charge in [0.25, 0.3) is 0 Å². The lowest BCUT2D eigenvalue weighted by atomic mass is 9.93. The number of amides is 1. The zero-order valence-corrected chi connectivity index (χ0v) is 52.4. The molecule has 510 valence electrons. The van der Waals surface area contributed by atoms with Gasteiger partial charge in [0.15, 0.2) is 92.3 Å². The maximum Gasteiger partial charge on any atom is 0.303 e. The van der Waals surface area contributed by atoms with E-state index in [0.29, 0.717) is 0 Å². The third kappa shape index (κ3) is 21.5. The Hall–Kier alpha value is -7.67. The Labute approximate surface area is 520 Å². The van der Waals surface area contributed by atoms with Gasteiger partial charge in [0.05, 0.1) is 18.5 Å². The summed E-state index contributed by atoms with van der Waals surface area (Å²) in [6.07, 6.45) is -37.0. The largest absolute Gasteiger partial charge is 0.491 e. The van der Waals surface area contributed by atoms with Crippen molar-refractivity contribution >= 4 is 77.5 Å². The average molecular weight is 1310 g/mol. The Morgan fingerprint density at radius 3 is 1.04 bits per heavy atom. The van der Waals surface area contributed by atoms with Crippen LogP contribution in [0.25, 0.3) is 0 Å². The predicted octanol–water partition coefficient (Wildman–Crippen LogP) is -1.04. The van der Waals surface area contributed by atoms with Gasteiger partial charge in [-0.05, 0) is 19.9 Å². The Kier molecular flexibility index (Phi) is 27.3. The maximum absolute atomic E-state index is 13.8. The van der Waals surface area contributed by atoms with Crippen molar-refractivity contribution in [2.24, 2.45) is 0 Å². The van der Waals surface area contributed by atoms with Crippen molar-refractivity contribution < 1.29 is 162 Å². The Morgan fingerprint density at radius 1 is 0.319 bits per heavy atom. The van der Waals surface area contributed by atoms with Crippen LogP contribution in [0.5, 0.6) is 0 Å². The topological polar surface area (TPSA) is 428 Å². The van der Waals surface area contributed by atoms with E-state index in [1.54, 1.807) is 0 Å². The van der Waals surface area contributed by atoms with Crippen LogP contribution in [0.3, 0.4) is 0 Å². The molecule has 1 amide bonds. The fraction of sp³-hybridized carbons (Fsp3) is 0.732. The van der Waals surface area contributed by atoms with Crippen LogP contribution in [0.15, 0.2) is 12.3 Å². The predicted molar refractivity (Wildman–Crippen MR) is 287 cm³/mol. The molecule has 4 saturated heterocycles. The van der Waals surface area contributed by atoms with E-state index in [-0.39, 0.29) is 0 Å². The van der Waals surface area contributed by atoms with Gasteiger partial charge >= 0.3 is 71.6 Å². The van der Waals surface area contributed by atoms with Gasteiger partial charge in [0.1, 0.15) is 56.4 Å². The number of nitrogens with one attached hydrogen (secondary N) is 1. The fourth-order valence-corrected chi connectivity index (χ4v) is 10.4. The van der Waals surface area contributed by atoms with E-state index in [9.17, 15) is 62.3 Å². The average Bonchev–Trinajstić information content (AvgIpc) is 1.07. The first kappa shape index (κ1) is 74.1. The first-order chi connectivity index (χ1) is 42.6. The molecule has 91 heavy (non-hydrogen) atoms. The van der Waals surface area contributed by atoms with Crippen molar-refractivity contribution in [1.82, 2.24) is 5.32 Å². The van der Waals surface area contributed by atoms with Crippen LogP contribution >= 0.6 is 0 Å². The van der Waals surface area contributed by atoms with Crippen LogP contribution in [0.1, 0.15) is 104 Å². The van der Waals surface area contributed by atoms with Crippen molar-refractivity contribution in [2.75, 3.05) is 19.8 Å². The van der Waals surface area contributed by atoms with E-state index in [1.165, 1.54) is 19.9 Å². The molecule has 0 aromatic heterocycles. The summed E-state index contributed by atoms with van der Waals surface area (Å²) in [4.78, 5) is 168. The third-order valence-electron chi connectivity index (χ3n) is 13.5. The SMILES string of the molecule is CC(=O)N[C@H]1[C@H](O[C@@H]2C=CO[C@H](COC(C)=O)[C@H]2OC(C)=O)O[C@H](COC(C)=O)[C@@H](O[C@@H]2O[C@H](COC(C)=O)[C@H](OC(C)=O)[C@H](OC(C)=O)[C@H]2O[C@@H]2O[C@@H](C)[C@@H](OC(C)=O)[C@@H](OC(C)=O)[C@@H]2OC(C)=O)[C@@H]1O[C@@H]1O[C@@H](C)[C@@H](OC(C)=O)[C@@H](OC(C)=O)[C@@H]1OC(C)=O. The molecule has 5 aliphatic rings. The summed E-state index contributed by atoms with van der Waals surface area (Å²) in [5.74, 6) is -12.4. The van der Waals surface area contributed by atoms with Gasteiger partial charge in [-0.3, -0.25) is 62.3 Å². The first-order valence-electron chi connectivity index (χ1n) is 28.4. The van der Waals surface area contributed by atoms with Crippen molar-refractivity contribution in [3.63, 3.8) is 0 Å². The quantitative estimate of drug-likeness (QED) is 0.0890. The molecular formula is C56H77NO34. The van der Waals surface area contributed by atoms with Crippen LogP contribution in [0, 0.1) is 0 Å². The molecule has 0 aliphatic carbocycles. The van der Waals surface area contributed by atoms with Crippen LogP contribution in [-0.4, -0.2) is 238 Å². The normalized spacial score (nSPS) is 34.3. The number of carbonyl (C=O) groups is 13. The summed E-state index contributed by atoms with van der Waals surface area (Å²) in [5, 5.41) is 2.66. The minimum Gasteiger partial charge on any atom is -0.491 e. The van der Waals surface area contributed by atoms with Crippen LogP contribution < -0.4 is 5.32 Å². The van der Waals surface area contributed by atoms with E-state index >= 15 is 0 Å². The molecule has 5 aliphatic heterocycles. The lowest BCUT2D eigenvalue weighted by Crippen LogP contribution is -2.71. The highest BCUT2D eigenvalue weighted by atomic mass is 16.8. The molecule has 4 fully saturated rings. The van der Waals surface area contributed by atoms with Gasteiger partial charge in [-0.1, -0.05) is 0 Å². The number of hydrogen-bond donors (Lipinski definition) is 1. The number of rotatable bonds is 24. The van der Waals surface area contributed by atoms with E-state index in [2.05, 4.69) is 5.32 Å². The van der Waals surface area contributed by atoms with Crippen molar-refractivity contribution in [1.29, 1.82) is 0 Å². The summed E-state index contributed by atoms with van der Waals surface area (Å²) in [6, 6.07) is -1.86. The van der Waals surface area contributed by atoms with Crippen molar-refractivity contribution in [3.8, 4) is 0 Å². The highest BCUT2D eigenvalue weighted by Crippen LogP contribution is 2.40. The number of esters is 12. The zero-order chi connectivity index (χ0) is 67.9. The summed E-state index contributed by atoms with van der Waals surface area (Å²) in [7, 11) is 0. The Bertz CT molecular complexity index is 2680. The molecule has 0 aromatic carbocycles. The minimum atomic E-state index is -2.26. The molecule has 0 unspecified atom stereocenters. The fourth-order valence-electron chi connectivity index (χ4n) is 10.4. The van der Waals surface area contributed by atoms with Crippen LogP contribution in [0.4, 0.5) is 0 Å². The highest BCUT2D eigenvalue weighted by Gasteiger charge is 2.61. The molecular weight excluding hydrogens is 1230 g/mol. The lowest BCUT2D eigenvalue weighted by molar-refractivity contribution is -0.394. The molecule has 5 rings (SSSR count). The van der Waals surface area contributed by atoms with E-state index in [4.69, 9.17) is 99.5 Å². The molecule has 0 saturated carbocycles.